The third kappa shape index (κ3) is 3.32. The highest BCUT2D eigenvalue weighted by atomic mass is 32.2. The molecule has 1 heterocycles. The van der Waals surface area contributed by atoms with Crippen LogP contribution in [0.3, 0.4) is 0 Å². The smallest absolute Gasteiger partial charge is 0.263 e. The number of anilines is 1. The summed E-state index contributed by atoms with van der Waals surface area (Å²) in [6.45, 7) is 3.91. The van der Waals surface area contributed by atoms with Gasteiger partial charge in [0, 0.05) is 6.20 Å². The van der Waals surface area contributed by atoms with E-state index < -0.39 is 10.0 Å². The largest absolute Gasteiger partial charge is 0.263 e. The Kier molecular flexibility index (Phi) is 3.85. The average molecular weight is 276 g/mol. The Bertz CT molecular complexity index is 664. The van der Waals surface area contributed by atoms with E-state index in [0.717, 1.165) is 17.5 Å². The van der Waals surface area contributed by atoms with E-state index in [0.29, 0.717) is 5.82 Å². The van der Waals surface area contributed by atoms with E-state index in [9.17, 15) is 8.42 Å². The van der Waals surface area contributed by atoms with Crippen molar-refractivity contribution in [2.75, 3.05) is 4.72 Å². The van der Waals surface area contributed by atoms with Crippen molar-refractivity contribution in [3.63, 3.8) is 0 Å². The zero-order chi connectivity index (χ0) is 13.9. The van der Waals surface area contributed by atoms with Gasteiger partial charge in [-0.15, -0.1) is 0 Å². The molecule has 0 aliphatic heterocycles. The summed E-state index contributed by atoms with van der Waals surface area (Å²) < 4.78 is 26.8. The van der Waals surface area contributed by atoms with E-state index >= 15 is 0 Å². The number of aryl methyl sites for hydroxylation is 2. The molecule has 0 aliphatic rings. The SMILES string of the molecule is CCc1ccc(S(=O)(=O)Nc2cc(C)ccn2)cc1. The number of pyridine rings is 1. The van der Waals surface area contributed by atoms with Gasteiger partial charge in [-0.05, 0) is 48.7 Å². The number of sulfonamides is 1. The molecular formula is C14H16N2O2S. The summed E-state index contributed by atoms with van der Waals surface area (Å²) in [5.41, 5.74) is 2.06. The van der Waals surface area contributed by atoms with Gasteiger partial charge in [0.05, 0.1) is 4.90 Å². The molecule has 0 saturated heterocycles. The van der Waals surface area contributed by atoms with Gasteiger partial charge >= 0.3 is 0 Å². The topological polar surface area (TPSA) is 59.1 Å². The molecule has 4 nitrogen and oxygen atoms in total. The fourth-order valence-electron chi connectivity index (χ4n) is 1.69. The summed E-state index contributed by atoms with van der Waals surface area (Å²) in [5.74, 6) is 0.333. The Labute approximate surface area is 113 Å². The van der Waals surface area contributed by atoms with Crippen molar-refractivity contribution in [3.05, 3.63) is 53.7 Å². The predicted octanol–water partition coefficient (Wildman–Crippen LogP) is 2.75. The van der Waals surface area contributed by atoms with Gasteiger partial charge in [0.15, 0.2) is 0 Å². The van der Waals surface area contributed by atoms with Crippen LogP contribution in [0, 0.1) is 6.92 Å². The minimum atomic E-state index is -3.57. The van der Waals surface area contributed by atoms with E-state index in [1.807, 2.05) is 32.0 Å². The Morgan fingerprint density at radius 3 is 2.42 bits per heavy atom. The third-order valence-electron chi connectivity index (χ3n) is 2.80. The minimum Gasteiger partial charge on any atom is -0.263 e. The Morgan fingerprint density at radius 1 is 1.16 bits per heavy atom. The fraction of sp³-hybridized carbons (Fsp3) is 0.214. The molecule has 0 amide bonds. The first-order valence-electron chi connectivity index (χ1n) is 6.05. The lowest BCUT2D eigenvalue weighted by Crippen LogP contribution is -2.13. The van der Waals surface area contributed by atoms with Crippen LogP contribution in [-0.4, -0.2) is 13.4 Å². The van der Waals surface area contributed by atoms with Gasteiger partial charge in [0.25, 0.3) is 10.0 Å². The monoisotopic (exact) mass is 276 g/mol. The van der Waals surface area contributed by atoms with Gasteiger partial charge in [-0.25, -0.2) is 13.4 Å². The molecule has 0 radical (unpaired) electrons. The van der Waals surface area contributed by atoms with Crippen LogP contribution in [0.2, 0.25) is 0 Å². The maximum Gasteiger partial charge on any atom is 0.263 e. The Balaban J connectivity index is 2.27. The molecule has 0 atom stereocenters. The van der Waals surface area contributed by atoms with Crippen LogP contribution in [0.4, 0.5) is 5.82 Å². The molecule has 5 heteroatoms. The number of aromatic nitrogens is 1. The van der Waals surface area contributed by atoms with Crippen LogP contribution >= 0.6 is 0 Å². The van der Waals surface area contributed by atoms with Crippen molar-refractivity contribution in [1.29, 1.82) is 0 Å². The molecule has 0 spiro atoms. The van der Waals surface area contributed by atoms with Gasteiger partial charge in [-0.1, -0.05) is 19.1 Å². The second kappa shape index (κ2) is 5.40. The van der Waals surface area contributed by atoms with E-state index in [2.05, 4.69) is 9.71 Å². The second-order valence-corrected chi connectivity index (χ2v) is 6.00. The van der Waals surface area contributed by atoms with Crippen molar-refractivity contribution < 1.29 is 8.42 Å². The molecule has 2 rings (SSSR count). The number of benzene rings is 1. The van der Waals surface area contributed by atoms with Crippen LogP contribution in [0.15, 0.2) is 47.5 Å². The van der Waals surface area contributed by atoms with Crippen molar-refractivity contribution in [3.8, 4) is 0 Å². The lowest BCUT2D eigenvalue weighted by atomic mass is 10.2. The van der Waals surface area contributed by atoms with E-state index in [-0.39, 0.29) is 4.90 Å². The van der Waals surface area contributed by atoms with Crippen molar-refractivity contribution in [2.24, 2.45) is 0 Å². The van der Waals surface area contributed by atoms with E-state index in [4.69, 9.17) is 0 Å². The quantitative estimate of drug-likeness (QED) is 0.934. The first-order valence-corrected chi connectivity index (χ1v) is 7.54. The molecule has 0 bridgehead atoms. The van der Waals surface area contributed by atoms with Gasteiger partial charge in [0.1, 0.15) is 5.82 Å². The highest BCUT2D eigenvalue weighted by Gasteiger charge is 2.14. The van der Waals surface area contributed by atoms with Crippen molar-refractivity contribution in [2.45, 2.75) is 25.2 Å². The summed E-state index contributed by atoms with van der Waals surface area (Å²) in [7, 11) is -3.57. The molecule has 0 fully saturated rings. The van der Waals surface area contributed by atoms with E-state index in [1.165, 1.54) is 0 Å². The molecule has 0 unspecified atom stereocenters. The highest BCUT2D eigenvalue weighted by Crippen LogP contribution is 2.15. The highest BCUT2D eigenvalue weighted by molar-refractivity contribution is 7.92. The zero-order valence-electron chi connectivity index (χ0n) is 10.9. The standard InChI is InChI=1S/C14H16N2O2S/c1-3-12-4-6-13(7-5-12)19(17,18)16-14-10-11(2)8-9-15-14/h4-10H,3H2,1-2H3,(H,15,16). The molecule has 1 aromatic carbocycles. The van der Waals surface area contributed by atoms with Gasteiger partial charge in [0.2, 0.25) is 0 Å². The number of nitrogens with one attached hydrogen (secondary N) is 1. The van der Waals surface area contributed by atoms with Crippen LogP contribution in [0.1, 0.15) is 18.1 Å². The summed E-state index contributed by atoms with van der Waals surface area (Å²) >= 11 is 0. The average Bonchev–Trinajstić information content (AvgIpc) is 2.38. The number of rotatable bonds is 4. The first kappa shape index (κ1) is 13.5. The third-order valence-corrected chi connectivity index (χ3v) is 4.17. The summed E-state index contributed by atoms with van der Waals surface area (Å²) in [5, 5.41) is 0. The fourth-order valence-corrected chi connectivity index (χ4v) is 2.69. The normalized spacial score (nSPS) is 11.3. The number of hydrogen-bond acceptors (Lipinski definition) is 3. The van der Waals surface area contributed by atoms with Gasteiger partial charge < -0.3 is 0 Å². The van der Waals surface area contributed by atoms with Crippen molar-refractivity contribution in [1.82, 2.24) is 4.98 Å². The van der Waals surface area contributed by atoms with Crippen molar-refractivity contribution >= 4 is 15.8 Å². The van der Waals surface area contributed by atoms with Crippen LogP contribution in [-0.2, 0) is 16.4 Å². The Morgan fingerprint density at radius 2 is 1.84 bits per heavy atom. The molecule has 0 aliphatic carbocycles. The molecule has 1 aromatic heterocycles. The summed E-state index contributed by atoms with van der Waals surface area (Å²) in [6.07, 6.45) is 2.46. The number of nitrogens with zero attached hydrogens (tertiary/aromatic N) is 1. The minimum absolute atomic E-state index is 0.244. The molecular weight excluding hydrogens is 260 g/mol. The van der Waals surface area contributed by atoms with Crippen LogP contribution in [0.5, 0.6) is 0 Å². The zero-order valence-corrected chi connectivity index (χ0v) is 11.7. The lowest BCUT2D eigenvalue weighted by molar-refractivity contribution is 0.601. The first-order chi connectivity index (χ1) is 9.01. The van der Waals surface area contributed by atoms with Crippen LogP contribution in [0.25, 0.3) is 0 Å². The molecule has 100 valence electrons. The Hall–Kier alpha value is -1.88. The molecule has 2 aromatic rings. The summed E-state index contributed by atoms with van der Waals surface area (Å²) in [6, 6.07) is 10.4. The maximum atomic E-state index is 12.2. The van der Waals surface area contributed by atoms with Gasteiger partial charge in [-0.2, -0.15) is 0 Å². The molecule has 19 heavy (non-hydrogen) atoms. The number of hydrogen-bond donors (Lipinski definition) is 1. The van der Waals surface area contributed by atoms with E-state index in [1.54, 1.807) is 24.4 Å². The maximum absolute atomic E-state index is 12.2. The predicted molar refractivity (Wildman–Crippen MR) is 75.6 cm³/mol. The van der Waals surface area contributed by atoms with Gasteiger partial charge in [-0.3, -0.25) is 4.72 Å². The second-order valence-electron chi connectivity index (χ2n) is 4.32. The van der Waals surface area contributed by atoms with Crippen LogP contribution < -0.4 is 4.72 Å². The lowest BCUT2D eigenvalue weighted by Gasteiger charge is -2.08. The molecule has 1 N–H and O–H groups in total. The summed E-state index contributed by atoms with van der Waals surface area (Å²) in [4.78, 5) is 4.24. The molecule has 0 saturated carbocycles.